The summed E-state index contributed by atoms with van der Waals surface area (Å²) >= 11 is 0. The number of unbranched alkanes of at least 4 members (excludes halogenated alkanes) is 2. The van der Waals surface area contributed by atoms with Gasteiger partial charge in [0, 0.05) is 6.04 Å². The van der Waals surface area contributed by atoms with Crippen molar-refractivity contribution < 1.29 is 9.21 Å². The number of carbonyl (C=O) groups excluding carboxylic acids is 1. The average molecular weight is 266 g/mol. The fourth-order valence-corrected chi connectivity index (χ4v) is 1.99. The van der Waals surface area contributed by atoms with Crippen molar-refractivity contribution in [3.8, 4) is 0 Å². The highest BCUT2D eigenvalue weighted by molar-refractivity contribution is 5.74. The van der Waals surface area contributed by atoms with Crippen molar-refractivity contribution in [2.75, 3.05) is 0 Å². The number of urea groups is 1. The molecule has 0 saturated carbocycles. The van der Waals surface area contributed by atoms with E-state index < -0.39 is 0 Å². The van der Waals surface area contributed by atoms with Crippen LogP contribution in [0.1, 0.15) is 64.0 Å². The Morgan fingerprint density at radius 2 is 2.00 bits per heavy atom. The molecule has 0 aliphatic heterocycles. The first kappa shape index (κ1) is 15.6. The fourth-order valence-electron chi connectivity index (χ4n) is 1.99. The molecule has 1 rings (SSSR count). The zero-order valence-electron chi connectivity index (χ0n) is 12.5. The number of nitrogens with one attached hydrogen (secondary N) is 2. The Kier molecular flexibility index (Phi) is 6.46. The molecule has 108 valence electrons. The van der Waals surface area contributed by atoms with E-state index in [1.165, 1.54) is 12.8 Å². The summed E-state index contributed by atoms with van der Waals surface area (Å²) in [5.41, 5.74) is 0. The Labute approximate surface area is 116 Å². The number of aryl methyl sites for hydroxylation is 1. The van der Waals surface area contributed by atoms with Crippen molar-refractivity contribution in [1.82, 2.24) is 10.6 Å². The predicted octanol–water partition coefficient (Wildman–Crippen LogP) is 3.92. The lowest BCUT2D eigenvalue weighted by Crippen LogP contribution is -2.41. The van der Waals surface area contributed by atoms with Gasteiger partial charge in [-0.15, -0.1) is 0 Å². The largest absolute Gasteiger partial charge is 0.464 e. The normalized spacial score (nSPS) is 13.9. The SMILES string of the molecule is CCCCCC(C)NC(=O)NC(C)c1ccc(C)o1. The third-order valence-corrected chi connectivity index (χ3v) is 3.15. The zero-order chi connectivity index (χ0) is 14.3. The van der Waals surface area contributed by atoms with Gasteiger partial charge in [-0.25, -0.2) is 4.79 Å². The summed E-state index contributed by atoms with van der Waals surface area (Å²) < 4.78 is 5.49. The van der Waals surface area contributed by atoms with E-state index in [4.69, 9.17) is 4.42 Å². The summed E-state index contributed by atoms with van der Waals surface area (Å²) in [5.74, 6) is 1.64. The molecule has 0 radical (unpaired) electrons. The Hall–Kier alpha value is -1.45. The first-order valence-electron chi connectivity index (χ1n) is 7.16. The van der Waals surface area contributed by atoms with Gasteiger partial charge in [-0.2, -0.15) is 0 Å². The molecule has 4 nitrogen and oxygen atoms in total. The Morgan fingerprint density at radius 3 is 2.58 bits per heavy atom. The molecule has 2 amide bonds. The fraction of sp³-hybridized carbons (Fsp3) is 0.667. The minimum Gasteiger partial charge on any atom is -0.464 e. The van der Waals surface area contributed by atoms with Crippen molar-refractivity contribution >= 4 is 6.03 Å². The molecule has 0 saturated heterocycles. The van der Waals surface area contributed by atoms with Gasteiger partial charge in [-0.1, -0.05) is 26.2 Å². The first-order valence-corrected chi connectivity index (χ1v) is 7.16. The maximum Gasteiger partial charge on any atom is 0.315 e. The molecule has 0 aliphatic carbocycles. The quantitative estimate of drug-likeness (QED) is 0.735. The van der Waals surface area contributed by atoms with Crippen molar-refractivity contribution in [2.24, 2.45) is 0 Å². The molecular weight excluding hydrogens is 240 g/mol. The van der Waals surface area contributed by atoms with Gasteiger partial charge in [-0.05, 0) is 39.3 Å². The summed E-state index contributed by atoms with van der Waals surface area (Å²) in [5, 5.41) is 5.84. The van der Waals surface area contributed by atoms with E-state index in [9.17, 15) is 4.79 Å². The van der Waals surface area contributed by atoms with Crippen molar-refractivity contribution in [2.45, 2.75) is 65.5 Å². The summed E-state index contributed by atoms with van der Waals surface area (Å²) in [6, 6.07) is 3.75. The van der Waals surface area contributed by atoms with Crippen LogP contribution in [0.25, 0.3) is 0 Å². The first-order chi connectivity index (χ1) is 9.02. The lowest BCUT2D eigenvalue weighted by molar-refractivity contribution is 0.232. The molecule has 19 heavy (non-hydrogen) atoms. The second-order valence-electron chi connectivity index (χ2n) is 5.18. The maximum absolute atomic E-state index is 11.8. The monoisotopic (exact) mass is 266 g/mol. The summed E-state index contributed by atoms with van der Waals surface area (Å²) in [4.78, 5) is 11.8. The van der Waals surface area contributed by atoms with Crippen LogP contribution >= 0.6 is 0 Å². The number of rotatable bonds is 7. The standard InChI is InChI=1S/C15H26N2O2/c1-5-6-7-8-11(2)16-15(18)17-13(4)14-10-9-12(3)19-14/h9-11,13H,5-8H2,1-4H3,(H2,16,17,18). The molecule has 0 aromatic carbocycles. The zero-order valence-corrected chi connectivity index (χ0v) is 12.5. The van der Waals surface area contributed by atoms with Crippen LogP contribution in [0.4, 0.5) is 4.79 Å². The Morgan fingerprint density at radius 1 is 1.26 bits per heavy atom. The molecule has 2 N–H and O–H groups in total. The lowest BCUT2D eigenvalue weighted by atomic mass is 10.1. The lowest BCUT2D eigenvalue weighted by Gasteiger charge is -2.17. The minimum atomic E-state index is -0.134. The predicted molar refractivity (Wildman–Crippen MR) is 77.1 cm³/mol. The smallest absolute Gasteiger partial charge is 0.315 e. The van der Waals surface area contributed by atoms with E-state index in [0.717, 1.165) is 24.4 Å². The van der Waals surface area contributed by atoms with Gasteiger partial charge < -0.3 is 15.1 Å². The van der Waals surface area contributed by atoms with Crippen LogP contribution in [0.5, 0.6) is 0 Å². The molecule has 1 aromatic rings. The number of amides is 2. The van der Waals surface area contributed by atoms with Gasteiger partial charge in [0.25, 0.3) is 0 Å². The van der Waals surface area contributed by atoms with E-state index in [1.807, 2.05) is 32.9 Å². The van der Waals surface area contributed by atoms with Gasteiger partial charge in [0.15, 0.2) is 0 Å². The highest BCUT2D eigenvalue weighted by Crippen LogP contribution is 2.15. The van der Waals surface area contributed by atoms with Crippen LogP contribution in [0.2, 0.25) is 0 Å². The Balaban J connectivity index is 2.30. The van der Waals surface area contributed by atoms with Gasteiger partial charge in [-0.3, -0.25) is 0 Å². The summed E-state index contributed by atoms with van der Waals surface area (Å²) in [6.45, 7) is 8.03. The molecule has 0 bridgehead atoms. The van der Waals surface area contributed by atoms with E-state index in [-0.39, 0.29) is 18.1 Å². The highest BCUT2D eigenvalue weighted by Gasteiger charge is 2.13. The summed E-state index contributed by atoms with van der Waals surface area (Å²) in [6.07, 6.45) is 4.60. The van der Waals surface area contributed by atoms with Crippen LogP contribution in [0.3, 0.4) is 0 Å². The molecule has 0 fully saturated rings. The molecule has 0 aliphatic rings. The van der Waals surface area contributed by atoms with Gasteiger partial charge in [0.05, 0.1) is 6.04 Å². The minimum absolute atomic E-state index is 0.114. The van der Waals surface area contributed by atoms with Gasteiger partial charge >= 0.3 is 6.03 Å². The third-order valence-electron chi connectivity index (χ3n) is 3.15. The average Bonchev–Trinajstić information content (AvgIpc) is 2.76. The molecular formula is C15H26N2O2. The van der Waals surface area contributed by atoms with Crippen LogP contribution < -0.4 is 10.6 Å². The number of hydrogen-bond acceptors (Lipinski definition) is 2. The Bertz CT molecular complexity index is 387. The number of carbonyl (C=O) groups is 1. The molecule has 1 heterocycles. The molecule has 2 atom stereocenters. The second kappa shape index (κ2) is 7.87. The van der Waals surface area contributed by atoms with Crippen LogP contribution in [-0.4, -0.2) is 12.1 Å². The number of hydrogen-bond donors (Lipinski definition) is 2. The van der Waals surface area contributed by atoms with E-state index in [1.54, 1.807) is 0 Å². The van der Waals surface area contributed by atoms with E-state index >= 15 is 0 Å². The third kappa shape index (κ3) is 5.81. The van der Waals surface area contributed by atoms with Crippen LogP contribution in [0.15, 0.2) is 16.5 Å². The highest BCUT2D eigenvalue weighted by atomic mass is 16.3. The van der Waals surface area contributed by atoms with Gasteiger partial charge in [0.1, 0.15) is 11.5 Å². The second-order valence-corrected chi connectivity index (χ2v) is 5.18. The van der Waals surface area contributed by atoms with Crippen molar-refractivity contribution in [3.05, 3.63) is 23.7 Å². The topological polar surface area (TPSA) is 54.3 Å². The number of furan rings is 1. The van der Waals surface area contributed by atoms with Crippen LogP contribution in [0, 0.1) is 6.92 Å². The molecule has 1 aromatic heterocycles. The van der Waals surface area contributed by atoms with E-state index in [0.29, 0.717) is 0 Å². The molecule has 2 unspecified atom stereocenters. The van der Waals surface area contributed by atoms with Gasteiger partial charge in [0.2, 0.25) is 0 Å². The summed E-state index contributed by atoms with van der Waals surface area (Å²) in [7, 11) is 0. The van der Waals surface area contributed by atoms with Crippen molar-refractivity contribution in [1.29, 1.82) is 0 Å². The molecule has 0 spiro atoms. The maximum atomic E-state index is 11.8. The molecule has 4 heteroatoms. The van der Waals surface area contributed by atoms with Crippen molar-refractivity contribution in [3.63, 3.8) is 0 Å². The van der Waals surface area contributed by atoms with Crippen LogP contribution in [-0.2, 0) is 0 Å². The van der Waals surface area contributed by atoms with E-state index in [2.05, 4.69) is 17.6 Å².